The molecule has 2 N–H and O–H groups in total. The van der Waals surface area contributed by atoms with E-state index in [1.165, 1.54) is 0 Å². The number of carboxylic acid groups (broad SMARTS) is 1. The molecule has 0 saturated heterocycles. The smallest absolute Gasteiger partial charge is 0.303 e. The van der Waals surface area contributed by atoms with Crippen LogP contribution in [0.15, 0.2) is 0 Å². The van der Waals surface area contributed by atoms with E-state index in [0.29, 0.717) is 152 Å². The van der Waals surface area contributed by atoms with Crippen LogP contribution in [0.1, 0.15) is 40.0 Å². The van der Waals surface area contributed by atoms with Crippen LogP contribution in [0.3, 0.4) is 0 Å². The lowest BCUT2D eigenvalue weighted by Crippen LogP contribution is -2.41. The van der Waals surface area contributed by atoms with Gasteiger partial charge in [-0.3, -0.25) is 9.59 Å². The van der Waals surface area contributed by atoms with Crippen molar-refractivity contribution >= 4 is 20.2 Å². The Balaban J connectivity index is 3.15. The summed E-state index contributed by atoms with van der Waals surface area (Å²) in [5.74, 6) is -1.25. The Morgan fingerprint density at radius 1 is 0.490 bits per heavy atom. The van der Waals surface area contributed by atoms with E-state index in [1.807, 2.05) is 0 Å². The number of carbonyl (C=O) groups excluding carboxylic acids is 1. The summed E-state index contributed by atoms with van der Waals surface area (Å²) in [6.45, 7) is 22.2. The van der Waals surface area contributed by atoms with Gasteiger partial charge in [0.1, 0.15) is 0 Å². The van der Waals surface area contributed by atoms with Crippen molar-refractivity contribution in [1.82, 2.24) is 5.32 Å². The number of amides is 1. The van der Waals surface area contributed by atoms with Crippen LogP contribution in [0.25, 0.3) is 0 Å². The average Bonchev–Trinajstić information content (AvgIpc) is 3.05. The van der Waals surface area contributed by atoms with E-state index >= 15 is 0 Å². The predicted molar refractivity (Wildman–Crippen MR) is 186 cm³/mol. The summed E-state index contributed by atoms with van der Waals surface area (Å²) in [4.78, 5) is 21.8. The number of carboxylic acids is 1. The van der Waals surface area contributed by atoms with Crippen molar-refractivity contribution in [3.05, 3.63) is 0 Å². The number of ether oxygens (including phenoxy) is 10. The highest BCUT2D eigenvalue weighted by Gasteiger charge is 2.36. The Labute approximate surface area is 295 Å². The van der Waals surface area contributed by atoms with Gasteiger partial charge in [0, 0.05) is 19.6 Å². The number of hydrogen-bond acceptors (Lipinski definition) is 13. The third-order valence-electron chi connectivity index (χ3n) is 7.20. The van der Waals surface area contributed by atoms with E-state index < -0.39 is 14.3 Å². The molecule has 0 aromatic rings. The summed E-state index contributed by atoms with van der Waals surface area (Å²) >= 11 is 0. The zero-order chi connectivity index (χ0) is 36.3. The van der Waals surface area contributed by atoms with Crippen molar-refractivity contribution in [3.63, 3.8) is 0 Å². The molecule has 0 bridgehead atoms. The van der Waals surface area contributed by atoms with Crippen molar-refractivity contribution in [3.8, 4) is 0 Å². The van der Waals surface area contributed by atoms with Crippen LogP contribution in [0.5, 0.6) is 0 Å². The Kier molecular flexibility index (Phi) is 33.0. The summed E-state index contributed by atoms with van der Waals surface area (Å²) < 4.78 is 60.9. The highest BCUT2D eigenvalue weighted by molar-refractivity contribution is 6.74. The number of carbonyl (C=O) groups is 2. The van der Waals surface area contributed by atoms with Gasteiger partial charge in [-0.1, -0.05) is 20.8 Å². The fourth-order valence-electron chi connectivity index (χ4n) is 3.36. The minimum absolute atomic E-state index is 0.00944. The first-order valence-electron chi connectivity index (χ1n) is 17.5. The minimum Gasteiger partial charge on any atom is -0.481 e. The summed E-state index contributed by atoms with van der Waals surface area (Å²) in [7, 11) is -1.71. The predicted octanol–water partition coefficient (Wildman–Crippen LogP) is 2.55. The lowest BCUT2D eigenvalue weighted by atomic mass is 10.2. The van der Waals surface area contributed by atoms with Gasteiger partial charge in [0.05, 0.1) is 139 Å². The Morgan fingerprint density at radius 3 is 1.06 bits per heavy atom. The minimum atomic E-state index is -1.71. The monoisotopic (exact) mass is 729 g/mol. The molecule has 0 aliphatic heterocycles. The van der Waals surface area contributed by atoms with Gasteiger partial charge in [0.15, 0.2) is 8.32 Å². The second-order valence-corrected chi connectivity index (χ2v) is 17.1. The van der Waals surface area contributed by atoms with Gasteiger partial charge in [-0.15, -0.1) is 0 Å². The first-order chi connectivity index (χ1) is 23.6. The van der Waals surface area contributed by atoms with Gasteiger partial charge in [-0.05, 0) is 24.6 Å². The number of rotatable bonds is 38. The maximum atomic E-state index is 11.4. The Morgan fingerprint density at radius 2 is 0.776 bits per heavy atom. The van der Waals surface area contributed by atoms with E-state index in [1.54, 1.807) is 0 Å². The molecule has 0 saturated carbocycles. The van der Waals surface area contributed by atoms with E-state index in [0.717, 1.165) is 0 Å². The maximum absolute atomic E-state index is 11.4. The van der Waals surface area contributed by atoms with E-state index in [2.05, 4.69) is 39.2 Å². The van der Waals surface area contributed by atoms with E-state index in [4.69, 9.17) is 56.9 Å². The standard InChI is InChI=1S/C33H67NO14Si/c1-33(2,3)49(4,5)48-30-29-47-28-27-46-26-25-45-24-23-44-22-21-43-20-19-42-18-17-41-16-15-40-14-13-39-12-11-38-10-6-9-34-31(35)7-8-32(36)37/h6-30H2,1-5H3,(H,34,35)(H,36,37). The SMILES string of the molecule is CC(C)(C)[Si](C)(C)OCCOCCOCCOCCOCCOCCOCCOCCOCCOCCOCCCNC(=O)CCC(=O)O. The third-order valence-corrected chi connectivity index (χ3v) is 11.7. The molecule has 0 aromatic carbocycles. The molecule has 0 heterocycles. The number of aliphatic carboxylic acids is 1. The topological polar surface area (TPSA) is 168 Å². The van der Waals surface area contributed by atoms with Crippen LogP contribution < -0.4 is 5.32 Å². The van der Waals surface area contributed by atoms with Crippen molar-refractivity contribution in [2.75, 3.05) is 145 Å². The molecule has 49 heavy (non-hydrogen) atoms. The van der Waals surface area contributed by atoms with Gasteiger partial charge in [0.2, 0.25) is 5.91 Å². The van der Waals surface area contributed by atoms with Gasteiger partial charge >= 0.3 is 5.97 Å². The normalized spacial score (nSPS) is 12.1. The van der Waals surface area contributed by atoms with E-state index in [9.17, 15) is 9.59 Å². The lowest BCUT2D eigenvalue weighted by molar-refractivity contribution is -0.138. The Bertz CT molecular complexity index is 757. The second kappa shape index (κ2) is 33.8. The molecule has 0 atom stereocenters. The van der Waals surface area contributed by atoms with Crippen LogP contribution in [0, 0.1) is 0 Å². The van der Waals surface area contributed by atoms with E-state index in [-0.39, 0.29) is 23.8 Å². The molecule has 16 heteroatoms. The molecule has 0 aromatic heterocycles. The molecule has 0 radical (unpaired) electrons. The van der Waals surface area contributed by atoms with Gasteiger partial charge in [-0.25, -0.2) is 0 Å². The van der Waals surface area contributed by atoms with Crippen LogP contribution >= 0.6 is 0 Å². The molecular formula is C33H67NO14Si. The fourth-order valence-corrected chi connectivity index (χ4v) is 4.39. The Hall–Kier alpha value is -1.28. The van der Waals surface area contributed by atoms with Crippen LogP contribution in [-0.2, 0) is 61.4 Å². The molecule has 0 aliphatic rings. The third kappa shape index (κ3) is 34.9. The average molecular weight is 730 g/mol. The van der Waals surface area contributed by atoms with Crippen molar-refractivity contribution < 1.29 is 66.5 Å². The number of hydrogen-bond donors (Lipinski definition) is 2. The molecule has 292 valence electrons. The van der Waals surface area contributed by atoms with Crippen molar-refractivity contribution in [2.45, 2.75) is 58.2 Å². The second-order valence-electron chi connectivity index (χ2n) is 12.3. The van der Waals surface area contributed by atoms with Crippen LogP contribution in [0.2, 0.25) is 18.1 Å². The summed E-state index contributed by atoms with van der Waals surface area (Å²) in [5, 5.41) is 11.4. The van der Waals surface area contributed by atoms with Crippen LogP contribution in [0.4, 0.5) is 0 Å². The molecule has 15 nitrogen and oxygen atoms in total. The van der Waals surface area contributed by atoms with Crippen molar-refractivity contribution in [2.24, 2.45) is 0 Å². The first kappa shape index (κ1) is 47.7. The quantitative estimate of drug-likeness (QED) is 0.0703. The summed E-state index contributed by atoms with van der Waals surface area (Å²) in [5.41, 5.74) is 0. The zero-order valence-corrected chi connectivity index (χ0v) is 31.9. The molecular weight excluding hydrogens is 662 g/mol. The first-order valence-corrected chi connectivity index (χ1v) is 20.4. The largest absolute Gasteiger partial charge is 0.481 e. The molecule has 0 aliphatic carbocycles. The molecule has 0 rings (SSSR count). The zero-order valence-electron chi connectivity index (χ0n) is 30.9. The van der Waals surface area contributed by atoms with Gasteiger partial charge in [-0.2, -0.15) is 0 Å². The summed E-state index contributed by atoms with van der Waals surface area (Å²) in [6, 6.07) is 0. The molecule has 0 fully saturated rings. The summed E-state index contributed by atoms with van der Waals surface area (Å²) in [6.07, 6.45) is 0.480. The highest BCUT2D eigenvalue weighted by Crippen LogP contribution is 2.36. The fraction of sp³-hybridized carbons (Fsp3) is 0.939. The molecule has 1 amide bonds. The molecule has 0 spiro atoms. The van der Waals surface area contributed by atoms with Crippen molar-refractivity contribution in [1.29, 1.82) is 0 Å². The maximum Gasteiger partial charge on any atom is 0.303 e. The lowest BCUT2D eigenvalue weighted by Gasteiger charge is -2.36. The molecule has 0 unspecified atom stereocenters. The highest BCUT2D eigenvalue weighted by atomic mass is 28.4. The number of nitrogens with one attached hydrogen (secondary N) is 1. The van der Waals surface area contributed by atoms with Gasteiger partial charge < -0.3 is 62.2 Å². The van der Waals surface area contributed by atoms with Crippen LogP contribution in [-0.4, -0.2) is 171 Å². The van der Waals surface area contributed by atoms with Gasteiger partial charge in [0.25, 0.3) is 0 Å².